The van der Waals surface area contributed by atoms with Crippen molar-refractivity contribution >= 4 is 18.3 Å². The second kappa shape index (κ2) is 7.42. The lowest BCUT2D eigenvalue weighted by Gasteiger charge is -2.41. The van der Waals surface area contributed by atoms with Crippen molar-refractivity contribution in [3.8, 4) is 0 Å². The summed E-state index contributed by atoms with van der Waals surface area (Å²) in [6, 6.07) is 6.67. The summed E-state index contributed by atoms with van der Waals surface area (Å²) in [4.78, 5) is 15.1. The molecule has 1 saturated heterocycles. The van der Waals surface area contributed by atoms with Crippen LogP contribution in [0.3, 0.4) is 0 Å². The van der Waals surface area contributed by atoms with Crippen molar-refractivity contribution in [1.29, 1.82) is 0 Å². The number of piperazine rings is 1. The molecule has 3 rings (SSSR count). The van der Waals surface area contributed by atoms with E-state index in [2.05, 4.69) is 5.32 Å². The van der Waals surface area contributed by atoms with E-state index in [-0.39, 0.29) is 24.1 Å². The molecule has 1 aromatic rings. The van der Waals surface area contributed by atoms with Gasteiger partial charge in [-0.1, -0.05) is 31.4 Å². The molecular formula is C17H24ClFN2O. The average Bonchev–Trinajstić information content (AvgIpc) is 2.55. The lowest BCUT2D eigenvalue weighted by Crippen LogP contribution is -2.54. The second-order valence-corrected chi connectivity index (χ2v) is 6.20. The van der Waals surface area contributed by atoms with Crippen molar-refractivity contribution < 1.29 is 9.18 Å². The Morgan fingerprint density at radius 3 is 2.45 bits per heavy atom. The van der Waals surface area contributed by atoms with Crippen molar-refractivity contribution in [2.24, 2.45) is 0 Å². The van der Waals surface area contributed by atoms with Gasteiger partial charge in [0.05, 0.1) is 5.41 Å². The minimum Gasteiger partial charge on any atom is -0.339 e. The standard InChI is InChI=1S/C17H23FN2O.ClH/c18-15-6-4-5-14(13-15)17(7-2-1-3-8-17)16(21)20-11-9-19-10-12-20;/h4-6,13,19H,1-3,7-12H2;1H. The molecule has 2 fully saturated rings. The molecule has 3 nitrogen and oxygen atoms in total. The first-order valence-corrected chi connectivity index (χ1v) is 7.98. The van der Waals surface area contributed by atoms with Gasteiger partial charge in [-0.3, -0.25) is 4.79 Å². The zero-order chi connectivity index (χ0) is 14.7. The van der Waals surface area contributed by atoms with Gasteiger partial charge in [0, 0.05) is 26.2 Å². The molecule has 0 atom stereocenters. The van der Waals surface area contributed by atoms with E-state index in [1.165, 1.54) is 12.5 Å². The molecule has 122 valence electrons. The van der Waals surface area contributed by atoms with Crippen molar-refractivity contribution in [3.05, 3.63) is 35.6 Å². The van der Waals surface area contributed by atoms with Crippen molar-refractivity contribution in [2.45, 2.75) is 37.5 Å². The highest BCUT2D eigenvalue weighted by molar-refractivity contribution is 5.88. The van der Waals surface area contributed by atoms with Gasteiger partial charge in [-0.05, 0) is 30.5 Å². The fraction of sp³-hybridized carbons (Fsp3) is 0.588. The molecule has 5 heteroatoms. The van der Waals surface area contributed by atoms with Crippen LogP contribution in [0.15, 0.2) is 24.3 Å². The van der Waals surface area contributed by atoms with Gasteiger partial charge in [0.2, 0.25) is 5.91 Å². The van der Waals surface area contributed by atoms with E-state index in [4.69, 9.17) is 0 Å². The number of hydrogen-bond donors (Lipinski definition) is 1. The number of nitrogens with one attached hydrogen (secondary N) is 1. The summed E-state index contributed by atoms with van der Waals surface area (Å²) in [6.07, 6.45) is 4.97. The van der Waals surface area contributed by atoms with E-state index in [0.717, 1.165) is 57.4 Å². The summed E-state index contributed by atoms with van der Waals surface area (Å²) in [7, 11) is 0. The van der Waals surface area contributed by atoms with E-state index >= 15 is 0 Å². The van der Waals surface area contributed by atoms with E-state index in [0.29, 0.717) is 0 Å². The van der Waals surface area contributed by atoms with Gasteiger partial charge in [0.15, 0.2) is 0 Å². The number of rotatable bonds is 2. The number of amides is 1. The molecule has 0 aromatic heterocycles. The van der Waals surface area contributed by atoms with Crippen molar-refractivity contribution in [3.63, 3.8) is 0 Å². The third-order valence-electron chi connectivity index (χ3n) is 4.90. The Bertz CT molecular complexity index is 511. The predicted molar refractivity (Wildman–Crippen MR) is 87.9 cm³/mol. The first kappa shape index (κ1) is 17.2. The molecule has 0 unspecified atom stereocenters. The summed E-state index contributed by atoms with van der Waals surface area (Å²) < 4.78 is 13.7. The Hall–Kier alpha value is -1.13. The SMILES string of the molecule is Cl.O=C(N1CCNCC1)C1(c2cccc(F)c2)CCCCC1. The predicted octanol–water partition coefficient (Wildman–Crippen LogP) is 2.88. The maximum atomic E-state index is 13.7. The van der Waals surface area contributed by atoms with Crippen LogP contribution < -0.4 is 5.32 Å². The number of hydrogen-bond acceptors (Lipinski definition) is 2. The van der Waals surface area contributed by atoms with Crippen LogP contribution in [0.4, 0.5) is 4.39 Å². The summed E-state index contributed by atoms with van der Waals surface area (Å²) in [6.45, 7) is 3.22. The van der Waals surface area contributed by atoms with Gasteiger partial charge in [-0.25, -0.2) is 4.39 Å². The molecule has 1 aliphatic heterocycles. The quantitative estimate of drug-likeness (QED) is 0.906. The van der Waals surface area contributed by atoms with Crippen LogP contribution in [0.25, 0.3) is 0 Å². The van der Waals surface area contributed by atoms with Crippen LogP contribution in [0.1, 0.15) is 37.7 Å². The zero-order valence-electron chi connectivity index (χ0n) is 12.8. The molecule has 1 aromatic carbocycles. The molecule has 1 N–H and O–H groups in total. The van der Waals surface area contributed by atoms with Crippen molar-refractivity contribution in [1.82, 2.24) is 10.2 Å². The molecule has 1 amide bonds. The van der Waals surface area contributed by atoms with Crippen LogP contribution >= 0.6 is 12.4 Å². The summed E-state index contributed by atoms with van der Waals surface area (Å²) >= 11 is 0. The molecule has 1 heterocycles. The number of halogens is 2. The third-order valence-corrected chi connectivity index (χ3v) is 4.90. The molecular weight excluding hydrogens is 303 g/mol. The second-order valence-electron chi connectivity index (χ2n) is 6.20. The van der Waals surface area contributed by atoms with Crippen LogP contribution in [0.2, 0.25) is 0 Å². The lowest BCUT2D eigenvalue weighted by atomic mass is 9.68. The van der Waals surface area contributed by atoms with Gasteiger partial charge in [0.1, 0.15) is 5.82 Å². The number of carbonyl (C=O) groups is 1. The van der Waals surface area contributed by atoms with Crippen molar-refractivity contribution in [2.75, 3.05) is 26.2 Å². The summed E-state index contributed by atoms with van der Waals surface area (Å²) in [5, 5.41) is 3.28. The van der Waals surface area contributed by atoms with Crippen LogP contribution in [0.5, 0.6) is 0 Å². The van der Waals surface area contributed by atoms with Crippen LogP contribution in [0, 0.1) is 5.82 Å². The van der Waals surface area contributed by atoms with Crippen LogP contribution in [-0.4, -0.2) is 37.0 Å². The topological polar surface area (TPSA) is 32.3 Å². The fourth-order valence-electron chi connectivity index (χ4n) is 3.74. The summed E-state index contributed by atoms with van der Waals surface area (Å²) in [5.41, 5.74) is 0.364. The largest absolute Gasteiger partial charge is 0.339 e. The Labute approximate surface area is 137 Å². The van der Waals surface area contributed by atoms with E-state index < -0.39 is 5.41 Å². The van der Waals surface area contributed by atoms with E-state index in [1.54, 1.807) is 12.1 Å². The number of nitrogens with zero attached hydrogens (tertiary/aromatic N) is 1. The first-order valence-electron chi connectivity index (χ1n) is 7.98. The molecule has 0 bridgehead atoms. The number of benzene rings is 1. The normalized spacial score (nSPS) is 21.0. The minimum absolute atomic E-state index is 0. The molecule has 1 aliphatic carbocycles. The lowest BCUT2D eigenvalue weighted by molar-refractivity contribution is -0.139. The average molecular weight is 327 g/mol. The minimum atomic E-state index is -0.502. The maximum absolute atomic E-state index is 13.7. The molecule has 2 aliphatic rings. The summed E-state index contributed by atoms with van der Waals surface area (Å²) in [5.74, 6) is -0.0418. The van der Waals surface area contributed by atoms with Gasteiger partial charge in [0.25, 0.3) is 0 Å². The Balaban J connectivity index is 0.00000176. The van der Waals surface area contributed by atoms with E-state index in [1.807, 2.05) is 11.0 Å². The highest BCUT2D eigenvalue weighted by Crippen LogP contribution is 2.41. The zero-order valence-corrected chi connectivity index (χ0v) is 13.6. The molecule has 22 heavy (non-hydrogen) atoms. The molecule has 1 saturated carbocycles. The molecule has 0 spiro atoms. The first-order chi connectivity index (χ1) is 10.2. The number of carbonyl (C=O) groups excluding carboxylic acids is 1. The fourth-order valence-corrected chi connectivity index (χ4v) is 3.74. The monoisotopic (exact) mass is 326 g/mol. The smallest absolute Gasteiger partial charge is 0.233 e. The van der Waals surface area contributed by atoms with E-state index in [9.17, 15) is 9.18 Å². The maximum Gasteiger partial charge on any atom is 0.233 e. The van der Waals surface area contributed by atoms with Gasteiger partial charge in [-0.15, -0.1) is 12.4 Å². The Morgan fingerprint density at radius 2 is 1.82 bits per heavy atom. The van der Waals surface area contributed by atoms with Gasteiger partial charge >= 0.3 is 0 Å². The van der Waals surface area contributed by atoms with Crippen LogP contribution in [-0.2, 0) is 10.2 Å². The Morgan fingerprint density at radius 1 is 1.14 bits per heavy atom. The van der Waals surface area contributed by atoms with Gasteiger partial charge in [-0.2, -0.15) is 0 Å². The molecule has 0 radical (unpaired) electrons. The van der Waals surface area contributed by atoms with Gasteiger partial charge < -0.3 is 10.2 Å². The highest BCUT2D eigenvalue weighted by atomic mass is 35.5. The third kappa shape index (κ3) is 3.28. The Kier molecular flexibility index (Phi) is 5.81. The highest BCUT2D eigenvalue weighted by Gasteiger charge is 2.43.